The lowest BCUT2D eigenvalue weighted by molar-refractivity contribution is -0.119. The number of rotatable bonds is 4. The first kappa shape index (κ1) is 18.7. The van der Waals surface area contributed by atoms with Crippen LogP contribution in [0.4, 0.5) is 5.69 Å². The molecule has 1 aliphatic carbocycles. The molecular weight excluding hydrogens is 382 g/mol. The van der Waals surface area contributed by atoms with Crippen molar-refractivity contribution in [3.8, 4) is 17.2 Å². The standard InChI is InChI=1S/C24H23NO5/c1-2-28-17-9-7-16(8-10-17)25-19-4-3-5-20(26)24(19)18(13-23(25)27)15-6-11-21-22(12-15)30-14-29-21/h6-12,18H,2-5,13-14H2,1H3. The highest BCUT2D eigenvalue weighted by Crippen LogP contribution is 2.45. The van der Waals surface area contributed by atoms with Crippen LogP contribution in [0.25, 0.3) is 0 Å². The SMILES string of the molecule is CCOc1ccc(N2C(=O)CC(c3ccc4c(c3)OCO4)C3=C2CCCC3=O)cc1. The fourth-order valence-corrected chi connectivity index (χ4v) is 4.57. The molecule has 2 heterocycles. The first-order chi connectivity index (χ1) is 14.7. The molecule has 1 unspecified atom stereocenters. The van der Waals surface area contributed by atoms with E-state index in [1.54, 1.807) is 4.90 Å². The molecule has 6 heteroatoms. The van der Waals surface area contributed by atoms with Crippen LogP contribution < -0.4 is 19.1 Å². The number of anilines is 1. The number of hydrogen-bond acceptors (Lipinski definition) is 5. The number of amides is 1. The fraction of sp³-hybridized carbons (Fsp3) is 0.333. The van der Waals surface area contributed by atoms with Gasteiger partial charge in [0.2, 0.25) is 12.7 Å². The molecule has 0 fully saturated rings. The second-order valence-electron chi connectivity index (χ2n) is 7.66. The summed E-state index contributed by atoms with van der Waals surface area (Å²) in [5.74, 6) is 1.99. The third-order valence-electron chi connectivity index (χ3n) is 5.88. The minimum atomic E-state index is -0.256. The Morgan fingerprint density at radius 3 is 2.63 bits per heavy atom. The van der Waals surface area contributed by atoms with Crippen LogP contribution in [0.1, 0.15) is 44.1 Å². The van der Waals surface area contributed by atoms with Crippen LogP contribution in [0.5, 0.6) is 17.2 Å². The van der Waals surface area contributed by atoms with Crippen LogP contribution >= 0.6 is 0 Å². The Bertz CT molecular complexity index is 1040. The van der Waals surface area contributed by atoms with E-state index in [4.69, 9.17) is 14.2 Å². The van der Waals surface area contributed by atoms with Crippen molar-refractivity contribution in [2.45, 2.75) is 38.5 Å². The highest BCUT2D eigenvalue weighted by atomic mass is 16.7. The van der Waals surface area contributed by atoms with Gasteiger partial charge in [-0.1, -0.05) is 6.07 Å². The monoisotopic (exact) mass is 405 g/mol. The average Bonchev–Trinajstić information content (AvgIpc) is 3.22. The zero-order valence-electron chi connectivity index (χ0n) is 16.8. The zero-order chi connectivity index (χ0) is 20.7. The molecule has 5 rings (SSSR count). The first-order valence-electron chi connectivity index (χ1n) is 10.4. The van der Waals surface area contributed by atoms with E-state index in [1.165, 1.54) is 0 Å². The van der Waals surface area contributed by atoms with Crippen molar-refractivity contribution in [3.63, 3.8) is 0 Å². The predicted octanol–water partition coefficient (Wildman–Crippen LogP) is 4.34. The van der Waals surface area contributed by atoms with E-state index in [0.717, 1.165) is 34.7 Å². The Morgan fingerprint density at radius 1 is 1.03 bits per heavy atom. The molecular formula is C24H23NO5. The quantitative estimate of drug-likeness (QED) is 0.757. The highest BCUT2D eigenvalue weighted by molar-refractivity contribution is 6.07. The number of nitrogens with zero attached hydrogens (tertiary/aromatic N) is 1. The number of benzene rings is 2. The normalized spacial score (nSPS) is 20.4. The molecule has 6 nitrogen and oxygen atoms in total. The Labute approximate surface area is 175 Å². The van der Waals surface area contributed by atoms with E-state index < -0.39 is 0 Å². The molecule has 0 bridgehead atoms. The third kappa shape index (κ3) is 3.12. The molecule has 3 aliphatic rings. The number of hydrogen-bond donors (Lipinski definition) is 0. The maximum absolute atomic E-state index is 13.3. The van der Waals surface area contributed by atoms with E-state index in [1.807, 2.05) is 49.4 Å². The van der Waals surface area contributed by atoms with Crippen LogP contribution in [0.15, 0.2) is 53.7 Å². The van der Waals surface area contributed by atoms with Crippen LogP contribution in [-0.4, -0.2) is 25.1 Å². The molecule has 0 saturated carbocycles. The summed E-state index contributed by atoms with van der Waals surface area (Å²) >= 11 is 0. The highest BCUT2D eigenvalue weighted by Gasteiger charge is 2.40. The summed E-state index contributed by atoms with van der Waals surface area (Å²) in [5, 5.41) is 0. The van der Waals surface area contributed by atoms with Crippen molar-refractivity contribution in [2.75, 3.05) is 18.3 Å². The topological polar surface area (TPSA) is 65.1 Å². The summed E-state index contributed by atoms with van der Waals surface area (Å²) in [6.45, 7) is 2.72. The number of ether oxygens (including phenoxy) is 3. The minimum Gasteiger partial charge on any atom is -0.494 e. The summed E-state index contributed by atoms with van der Waals surface area (Å²) in [6.07, 6.45) is 2.23. The lowest BCUT2D eigenvalue weighted by Gasteiger charge is -2.38. The number of ketones is 1. The first-order valence-corrected chi connectivity index (χ1v) is 10.4. The molecule has 1 atom stereocenters. The van der Waals surface area contributed by atoms with Gasteiger partial charge in [0.1, 0.15) is 5.75 Å². The lowest BCUT2D eigenvalue weighted by atomic mass is 9.77. The number of carbonyl (C=O) groups is 2. The van der Waals surface area contributed by atoms with Gasteiger partial charge in [0.05, 0.1) is 6.61 Å². The second kappa shape index (κ2) is 7.52. The fourth-order valence-electron chi connectivity index (χ4n) is 4.57. The Balaban J connectivity index is 1.57. The second-order valence-corrected chi connectivity index (χ2v) is 7.66. The number of allylic oxidation sites excluding steroid dienone is 2. The van der Waals surface area contributed by atoms with Crippen LogP contribution in [0.3, 0.4) is 0 Å². The third-order valence-corrected chi connectivity index (χ3v) is 5.88. The van der Waals surface area contributed by atoms with Crippen molar-refractivity contribution in [1.82, 2.24) is 0 Å². The van der Waals surface area contributed by atoms with Gasteiger partial charge in [0.15, 0.2) is 17.3 Å². The van der Waals surface area contributed by atoms with Gasteiger partial charge in [-0.2, -0.15) is 0 Å². The van der Waals surface area contributed by atoms with Crippen molar-refractivity contribution in [2.24, 2.45) is 0 Å². The van der Waals surface area contributed by atoms with Crippen molar-refractivity contribution in [1.29, 1.82) is 0 Å². The van der Waals surface area contributed by atoms with E-state index in [9.17, 15) is 9.59 Å². The molecule has 30 heavy (non-hydrogen) atoms. The number of carbonyl (C=O) groups excluding carboxylic acids is 2. The van der Waals surface area contributed by atoms with Crippen LogP contribution in [0.2, 0.25) is 0 Å². The van der Waals surface area contributed by atoms with E-state index in [0.29, 0.717) is 30.9 Å². The minimum absolute atomic E-state index is 0.00437. The van der Waals surface area contributed by atoms with Gasteiger partial charge in [-0.25, -0.2) is 0 Å². The van der Waals surface area contributed by atoms with Gasteiger partial charge in [-0.15, -0.1) is 0 Å². The summed E-state index contributed by atoms with van der Waals surface area (Å²) in [6, 6.07) is 13.2. The van der Waals surface area contributed by atoms with Crippen molar-refractivity contribution < 1.29 is 23.8 Å². The maximum atomic E-state index is 13.3. The van der Waals surface area contributed by atoms with E-state index in [2.05, 4.69) is 0 Å². The number of fused-ring (bicyclic) bond motifs is 1. The molecule has 154 valence electrons. The molecule has 2 aromatic rings. The molecule has 0 aromatic heterocycles. The van der Waals surface area contributed by atoms with Crippen LogP contribution in [0, 0.1) is 0 Å². The van der Waals surface area contributed by atoms with Gasteiger partial charge in [0.25, 0.3) is 0 Å². The molecule has 0 saturated heterocycles. The van der Waals surface area contributed by atoms with Gasteiger partial charge < -0.3 is 14.2 Å². The van der Waals surface area contributed by atoms with Gasteiger partial charge in [-0.05, 0) is 61.7 Å². The van der Waals surface area contributed by atoms with Gasteiger partial charge in [-0.3, -0.25) is 14.5 Å². The zero-order valence-corrected chi connectivity index (χ0v) is 16.8. The van der Waals surface area contributed by atoms with Gasteiger partial charge in [0, 0.05) is 35.7 Å². The molecule has 1 amide bonds. The van der Waals surface area contributed by atoms with Crippen molar-refractivity contribution in [3.05, 3.63) is 59.3 Å². The predicted molar refractivity (Wildman–Crippen MR) is 111 cm³/mol. The molecule has 0 spiro atoms. The molecule has 2 aromatic carbocycles. The Morgan fingerprint density at radius 2 is 1.83 bits per heavy atom. The molecule has 2 aliphatic heterocycles. The lowest BCUT2D eigenvalue weighted by Crippen LogP contribution is -2.40. The molecule has 0 radical (unpaired) electrons. The van der Waals surface area contributed by atoms with Crippen molar-refractivity contribution >= 4 is 17.4 Å². The number of Topliss-reactive ketones (excluding diaryl/α,β-unsaturated/α-hetero) is 1. The van der Waals surface area contributed by atoms with E-state index >= 15 is 0 Å². The summed E-state index contributed by atoms with van der Waals surface area (Å²) < 4.78 is 16.4. The average molecular weight is 405 g/mol. The smallest absolute Gasteiger partial charge is 0.232 e. The summed E-state index contributed by atoms with van der Waals surface area (Å²) in [7, 11) is 0. The summed E-state index contributed by atoms with van der Waals surface area (Å²) in [4.78, 5) is 28.0. The Kier molecular flexibility index (Phi) is 4.69. The Hall–Kier alpha value is -3.28. The summed E-state index contributed by atoms with van der Waals surface area (Å²) in [5.41, 5.74) is 3.28. The van der Waals surface area contributed by atoms with Gasteiger partial charge >= 0.3 is 0 Å². The maximum Gasteiger partial charge on any atom is 0.232 e. The van der Waals surface area contributed by atoms with Crippen LogP contribution in [-0.2, 0) is 9.59 Å². The molecule has 0 N–H and O–H groups in total. The largest absolute Gasteiger partial charge is 0.494 e. The van der Waals surface area contributed by atoms with E-state index in [-0.39, 0.29) is 30.8 Å².